The van der Waals surface area contributed by atoms with Gasteiger partial charge in [0.25, 0.3) is 5.91 Å². The molecule has 0 bridgehead atoms. The first-order chi connectivity index (χ1) is 23.2. The van der Waals surface area contributed by atoms with E-state index in [-0.39, 0.29) is 30.9 Å². The van der Waals surface area contributed by atoms with Crippen molar-refractivity contribution >= 4 is 23.4 Å². The molecule has 4 heterocycles. The van der Waals surface area contributed by atoms with Crippen LogP contribution in [0.4, 0.5) is 5.69 Å². The zero-order valence-electron chi connectivity index (χ0n) is 27.8. The molecule has 2 fully saturated rings. The van der Waals surface area contributed by atoms with Gasteiger partial charge in [0.15, 0.2) is 0 Å². The summed E-state index contributed by atoms with van der Waals surface area (Å²) in [5, 5.41) is 10.9. The fourth-order valence-corrected chi connectivity index (χ4v) is 8.45. The van der Waals surface area contributed by atoms with E-state index >= 15 is 9.59 Å². The fraction of sp³-hybridized carbons (Fsp3) is 0.375. The van der Waals surface area contributed by atoms with E-state index in [1.165, 1.54) is 0 Å². The van der Waals surface area contributed by atoms with Crippen molar-refractivity contribution in [3.63, 3.8) is 0 Å². The van der Waals surface area contributed by atoms with Crippen LogP contribution in [0.2, 0.25) is 0 Å². The van der Waals surface area contributed by atoms with Crippen molar-refractivity contribution in [3.8, 4) is 0 Å². The van der Waals surface area contributed by atoms with Gasteiger partial charge in [0.2, 0.25) is 11.8 Å². The monoisotopic (exact) mass is 645 g/mol. The van der Waals surface area contributed by atoms with Crippen LogP contribution in [-0.2, 0) is 32.1 Å². The first-order valence-corrected chi connectivity index (χ1v) is 17.0. The van der Waals surface area contributed by atoms with Crippen LogP contribution < -0.4 is 4.90 Å². The largest absolute Gasteiger partial charge is 0.394 e. The van der Waals surface area contributed by atoms with Gasteiger partial charge in [-0.05, 0) is 55.0 Å². The molecule has 2 saturated heterocycles. The van der Waals surface area contributed by atoms with E-state index < -0.39 is 35.1 Å². The van der Waals surface area contributed by atoms with Crippen LogP contribution in [0.3, 0.4) is 0 Å². The Morgan fingerprint density at radius 1 is 0.833 bits per heavy atom. The Hall–Kier alpha value is -4.53. The summed E-state index contributed by atoms with van der Waals surface area (Å²) < 4.78 is 7.19. The number of hydrogen-bond acceptors (Lipinski definition) is 5. The number of carbonyl (C=O) groups is 3. The summed E-state index contributed by atoms with van der Waals surface area (Å²) in [7, 11) is 0. The molecule has 3 amide bonds. The van der Waals surface area contributed by atoms with E-state index in [0.29, 0.717) is 25.9 Å². The van der Waals surface area contributed by atoms with E-state index in [2.05, 4.69) is 0 Å². The Morgan fingerprint density at radius 3 is 2.21 bits per heavy atom. The molecule has 1 unspecified atom stereocenters. The molecule has 7 rings (SSSR count). The summed E-state index contributed by atoms with van der Waals surface area (Å²) in [5.41, 5.74) is 2.14. The number of benzene rings is 3. The summed E-state index contributed by atoms with van der Waals surface area (Å²) in [6, 6.07) is 23.7. The Balaban J connectivity index is 1.37. The second-order valence-electron chi connectivity index (χ2n) is 13.6. The molecule has 0 aromatic heterocycles. The lowest BCUT2D eigenvalue weighted by Gasteiger charge is -2.41. The van der Waals surface area contributed by atoms with Crippen LogP contribution in [0.25, 0.3) is 0 Å². The van der Waals surface area contributed by atoms with Gasteiger partial charge >= 0.3 is 0 Å². The molecule has 3 aromatic rings. The van der Waals surface area contributed by atoms with Crippen LogP contribution in [-0.4, -0.2) is 75.6 Å². The zero-order valence-corrected chi connectivity index (χ0v) is 27.8. The first-order valence-electron chi connectivity index (χ1n) is 17.0. The minimum atomic E-state index is -1.42. The third-order valence-electron chi connectivity index (χ3n) is 10.8. The van der Waals surface area contributed by atoms with Crippen LogP contribution in [0.15, 0.2) is 103 Å². The SMILES string of the molecule is CC[C@@]12C=CCN(Cc3ccccc3)C(=O)[C@@H]1[C@H]1C(=O)N([C@@H](CO)Cc3ccccc3)C3C(=O)N(c4cc(C)ccc4C)CC=C[C@@]31O2. The summed E-state index contributed by atoms with van der Waals surface area (Å²) in [5.74, 6) is -2.59. The average Bonchev–Trinajstić information content (AvgIpc) is 3.40. The molecule has 0 aliphatic carbocycles. The van der Waals surface area contributed by atoms with Gasteiger partial charge in [-0.3, -0.25) is 14.4 Å². The van der Waals surface area contributed by atoms with E-state index in [1.807, 2.05) is 124 Å². The number of anilines is 1. The Bertz CT molecular complexity index is 1770. The van der Waals surface area contributed by atoms with Crippen molar-refractivity contribution in [2.75, 3.05) is 24.6 Å². The predicted octanol–water partition coefficient (Wildman–Crippen LogP) is 4.77. The maximum atomic E-state index is 15.1. The number of likely N-dealkylation sites (tertiary alicyclic amines) is 1. The molecule has 0 saturated carbocycles. The van der Waals surface area contributed by atoms with Crippen molar-refractivity contribution in [1.29, 1.82) is 0 Å². The van der Waals surface area contributed by atoms with Gasteiger partial charge < -0.3 is 24.5 Å². The smallest absolute Gasteiger partial charge is 0.253 e. The van der Waals surface area contributed by atoms with E-state index in [4.69, 9.17) is 4.74 Å². The number of fused-ring (bicyclic) bond motifs is 2. The minimum Gasteiger partial charge on any atom is -0.394 e. The highest BCUT2D eigenvalue weighted by molar-refractivity contribution is 6.06. The number of aryl methyl sites for hydroxylation is 2. The number of ether oxygens (including phenoxy) is 1. The second-order valence-corrected chi connectivity index (χ2v) is 13.6. The zero-order chi connectivity index (χ0) is 33.6. The van der Waals surface area contributed by atoms with Crippen molar-refractivity contribution in [1.82, 2.24) is 9.80 Å². The van der Waals surface area contributed by atoms with Gasteiger partial charge in [0, 0.05) is 25.3 Å². The Morgan fingerprint density at radius 2 is 1.52 bits per heavy atom. The summed E-state index contributed by atoms with van der Waals surface area (Å²) in [4.78, 5) is 50.1. The van der Waals surface area contributed by atoms with E-state index in [9.17, 15) is 9.90 Å². The van der Waals surface area contributed by atoms with Crippen molar-refractivity contribution in [2.45, 2.75) is 63.4 Å². The van der Waals surface area contributed by atoms with Crippen molar-refractivity contribution in [2.24, 2.45) is 11.8 Å². The summed E-state index contributed by atoms with van der Waals surface area (Å²) >= 11 is 0. The standard InChI is InChI=1S/C40H43N3O5/c1-4-39-19-11-21-41(25-30-15-9-6-10-16-30)36(45)33(39)34-37(46)43(31(26-44)24-29-13-7-5-8-14-29)35-38(47)42(22-12-20-40(34,35)48-39)32-23-27(2)17-18-28(32)3/h5-20,23,31,33-35,44H,4,21-22,24-26H2,1-3H3/t31-,33+,34+,35?,39-,40+/m1/s1. The fourth-order valence-electron chi connectivity index (χ4n) is 8.45. The number of aliphatic hydroxyl groups excluding tert-OH is 1. The number of carbonyl (C=O) groups excluding carboxylic acids is 3. The first kappa shape index (κ1) is 32.0. The van der Waals surface area contributed by atoms with Crippen LogP contribution in [0.5, 0.6) is 0 Å². The van der Waals surface area contributed by atoms with Crippen LogP contribution >= 0.6 is 0 Å². The lowest BCUT2D eigenvalue weighted by atomic mass is 9.73. The molecule has 8 nitrogen and oxygen atoms in total. The van der Waals surface area contributed by atoms with Gasteiger partial charge in [0.05, 0.1) is 30.1 Å². The lowest BCUT2D eigenvalue weighted by molar-refractivity contribution is -0.152. The normalized spacial score (nSPS) is 28.6. The molecule has 8 heteroatoms. The van der Waals surface area contributed by atoms with Crippen LogP contribution in [0.1, 0.15) is 35.6 Å². The molecule has 6 atom stereocenters. The minimum absolute atomic E-state index is 0.165. The third-order valence-corrected chi connectivity index (χ3v) is 10.8. The Kier molecular flexibility index (Phi) is 8.34. The molecular formula is C40H43N3O5. The van der Waals surface area contributed by atoms with E-state index in [1.54, 1.807) is 14.7 Å². The van der Waals surface area contributed by atoms with Gasteiger partial charge in [-0.2, -0.15) is 0 Å². The molecule has 4 aliphatic rings. The summed E-state index contributed by atoms with van der Waals surface area (Å²) in [6.45, 7) is 6.66. The molecule has 3 aromatic carbocycles. The highest BCUT2D eigenvalue weighted by atomic mass is 16.5. The number of hydrogen-bond donors (Lipinski definition) is 1. The maximum Gasteiger partial charge on any atom is 0.253 e. The molecular weight excluding hydrogens is 602 g/mol. The number of amides is 3. The molecule has 48 heavy (non-hydrogen) atoms. The molecule has 4 aliphatic heterocycles. The second kappa shape index (κ2) is 12.5. The predicted molar refractivity (Wildman–Crippen MR) is 184 cm³/mol. The topological polar surface area (TPSA) is 90.4 Å². The van der Waals surface area contributed by atoms with Gasteiger partial charge in [-0.15, -0.1) is 0 Å². The Labute approximate surface area is 282 Å². The number of nitrogens with zero attached hydrogens (tertiary/aromatic N) is 3. The average molecular weight is 646 g/mol. The highest BCUT2D eigenvalue weighted by Gasteiger charge is 2.76. The van der Waals surface area contributed by atoms with Crippen molar-refractivity contribution in [3.05, 3.63) is 125 Å². The van der Waals surface area contributed by atoms with Gasteiger partial charge in [-0.25, -0.2) is 0 Å². The highest BCUT2D eigenvalue weighted by Crippen LogP contribution is 2.59. The van der Waals surface area contributed by atoms with Gasteiger partial charge in [-0.1, -0.05) is 104 Å². The molecule has 1 spiro atoms. The molecule has 248 valence electrons. The quantitative estimate of drug-likeness (QED) is 0.357. The molecule has 0 radical (unpaired) electrons. The van der Waals surface area contributed by atoms with Crippen molar-refractivity contribution < 1.29 is 24.2 Å². The summed E-state index contributed by atoms with van der Waals surface area (Å²) in [6.07, 6.45) is 8.53. The maximum absolute atomic E-state index is 15.1. The van der Waals surface area contributed by atoms with Gasteiger partial charge in [0.1, 0.15) is 11.6 Å². The third kappa shape index (κ3) is 5.09. The number of aliphatic hydroxyl groups is 1. The lowest BCUT2D eigenvalue weighted by Crippen LogP contribution is -2.59. The van der Waals surface area contributed by atoms with Crippen LogP contribution in [0, 0.1) is 25.7 Å². The number of rotatable bonds is 8. The molecule has 1 N–H and O–H groups in total. The van der Waals surface area contributed by atoms with E-state index in [0.717, 1.165) is 27.9 Å².